The second kappa shape index (κ2) is 8.45. The second-order valence-corrected chi connectivity index (χ2v) is 7.34. The lowest BCUT2D eigenvalue weighted by Gasteiger charge is -2.34. The zero-order valence-corrected chi connectivity index (χ0v) is 17.6. The third-order valence-electron chi connectivity index (χ3n) is 4.35. The number of alkyl halides is 3. The molecule has 1 aliphatic rings. The van der Waals surface area contributed by atoms with E-state index < -0.39 is 60.7 Å². The van der Waals surface area contributed by atoms with Crippen LogP contribution in [0.25, 0.3) is 0 Å². The standard InChI is InChI=1S/C17H9Cl3F3N5O4/c18-10-8(17(21,22)23)6-9(27(29)30)12(13(10)28(31)32)26-15(20)11(24)14(19)25-16(26)7-4-2-1-3-5-7/h1-6,16H,24H2. The van der Waals surface area contributed by atoms with Crippen LogP contribution in [0, 0.1) is 20.2 Å². The van der Waals surface area contributed by atoms with E-state index in [0.717, 1.165) is 4.90 Å². The minimum Gasteiger partial charge on any atom is -0.394 e. The molecule has 0 bridgehead atoms. The predicted octanol–water partition coefficient (Wildman–Crippen LogP) is 5.70. The number of halogens is 6. The van der Waals surface area contributed by atoms with E-state index in [9.17, 15) is 33.4 Å². The van der Waals surface area contributed by atoms with Gasteiger partial charge in [0, 0.05) is 6.07 Å². The number of hydrogen-bond donors (Lipinski definition) is 1. The van der Waals surface area contributed by atoms with Crippen LogP contribution in [0.2, 0.25) is 5.02 Å². The minimum absolute atomic E-state index is 0.0903. The van der Waals surface area contributed by atoms with Gasteiger partial charge < -0.3 is 5.73 Å². The molecule has 0 fully saturated rings. The van der Waals surface area contributed by atoms with E-state index in [-0.39, 0.29) is 11.2 Å². The maximum Gasteiger partial charge on any atom is 0.418 e. The summed E-state index contributed by atoms with van der Waals surface area (Å²) >= 11 is 18.0. The summed E-state index contributed by atoms with van der Waals surface area (Å²) in [6.45, 7) is 0. The summed E-state index contributed by atoms with van der Waals surface area (Å²) < 4.78 is 40.2. The highest BCUT2D eigenvalue weighted by molar-refractivity contribution is 6.70. The van der Waals surface area contributed by atoms with E-state index in [0.29, 0.717) is 5.56 Å². The summed E-state index contributed by atoms with van der Waals surface area (Å²) in [4.78, 5) is 25.8. The Morgan fingerprint density at radius 3 is 2.16 bits per heavy atom. The van der Waals surface area contributed by atoms with Crippen molar-refractivity contribution in [1.82, 2.24) is 0 Å². The van der Waals surface area contributed by atoms with Gasteiger partial charge in [-0.2, -0.15) is 13.2 Å². The van der Waals surface area contributed by atoms with Gasteiger partial charge >= 0.3 is 17.6 Å². The largest absolute Gasteiger partial charge is 0.418 e. The van der Waals surface area contributed by atoms with Crippen LogP contribution in [-0.2, 0) is 6.18 Å². The fourth-order valence-electron chi connectivity index (χ4n) is 3.00. The molecule has 15 heteroatoms. The lowest BCUT2D eigenvalue weighted by Crippen LogP contribution is -2.34. The molecule has 0 amide bonds. The third-order valence-corrected chi connectivity index (χ3v) is 5.42. The van der Waals surface area contributed by atoms with Gasteiger partial charge in [-0.1, -0.05) is 65.1 Å². The smallest absolute Gasteiger partial charge is 0.394 e. The number of nitrogens with two attached hydrogens (primary N) is 1. The summed E-state index contributed by atoms with van der Waals surface area (Å²) in [6.07, 6.45) is -6.56. The molecule has 0 spiro atoms. The molecule has 3 rings (SSSR count). The Labute approximate surface area is 191 Å². The van der Waals surface area contributed by atoms with Crippen molar-refractivity contribution in [1.29, 1.82) is 0 Å². The van der Waals surface area contributed by atoms with Gasteiger partial charge in [-0.3, -0.25) is 25.1 Å². The lowest BCUT2D eigenvalue weighted by molar-refractivity contribution is -0.393. The molecule has 1 aliphatic heterocycles. The Hall–Kier alpha value is -3.09. The quantitative estimate of drug-likeness (QED) is 0.319. The maximum absolute atomic E-state index is 13.4. The van der Waals surface area contributed by atoms with Crippen molar-refractivity contribution in [2.24, 2.45) is 10.7 Å². The summed E-state index contributed by atoms with van der Waals surface area (Å²) in [5.41, 5.74) is 0.293. The van der Waals surface area contributed by atoms with Gasteiger partial charge in [-0.15, -0.1) is 0 Å². The molecule has 0 saturated heterocycles. The van der Waals surface area contributed by atoms with Crippen molar-refractivity contribution >= 4 is 57.0 Å². The number of rotatable bonds is 4. The topological polar surface area (TPSA) is 128 Å². The molecule has 1 heterocycles. The number of nitro groups is 2. The molecule has 2 aromatic carbocycles. The fourth-order valence-corrected chi connectivity index (χ4v) is 3.81. The normalized spacial score (nSPS) is 16.8. The molecular formula is C17H9Cl3F3N5O4. The first-order valence-electron chi connectivity index (χ1n) is 8.31. The highest BCUT2D eigenvalue weighted by atomic mass is 35.5. The molecule has 9 nitrogen and oxygen atoms in total. The van der Waals surface area contributed by atoms with Crippen molar-refractivity contribution in [3.63, 3.8) is 0 Å². The lowest BCUT2D eigenvalue weighted by atomic mass is 10.1. The highest BCUT2D eigenvalue weighted by Gasteiger charge is 2.46. The van der Waals surface area contributed by atoms with Crippen LogP contribution in [0.3, 0.4) is 0 Å². The van der Waals surface area contributed by atoms with Crippen LogP contribution in [0.15, 0.2) is 52.2 Å². The van der Waals surface area contributed by atoms with Gasteiger partial charge in [-0.25, -0.2) is 4.99 Å². The molecule has 0 radical (unpaired) electrons. The zero-order valence-electron chi connectivity index (χ0n) is 15.3. The van der Waals surface area contributed by atoms with Crippen molar-refractivity contribution in [2.45, 2.75) is 12.3 Å². The average molecular weight is 511 g/mol. The van der Waals surface area contributed by atoms with E-state index in [1.54, 1.807) is 18.2 Å². The minimum atomic E-state index is -5.22. The van der Waals surface area contributed by atoms with Crippen LogP contribution >= 0.6 is 34.8 Å². The van der Waals surface area contributed by atoms with Gasteiger partial charge in [0.25, 0.3) is 0 Å². The fraction of sp³-hybridized carbons (Fsp3) is 0.118. The van der Waals surface area contributed by atoms with Crippen LogP contribution < -0.4 is 10.6 Å². The first-order chi connectivity index (χ1) is 14.9. The molecule has 168 valence electrons. The number of nitro benzene ring substituents is 2. The second-order valence-electron chi connectivity index (χ2n) is 6.25. The number of nitrogens with zero attached hydrogens (tertiary/aromatic N) is 4. The monoisotopic (exact) mass is 509 g/mol. The molecule has 2 aromatic rings. The molecule has 0 aliphatic carbocycles. The zero-order chi connectivity index (χ0) is 24.0. The predicted molar refractivity (Wildman–Crippen MR) is 112 cm³/mol. The van der Waals surface area contributed by atoms with Gasteiger partial charge in [0.05, 0.1) is 15.4 Å². The Balaban J connectivity index is 2.46. The number of allylic oxidation sites excluding steroid dienone is 1. The highest BCUT2D eigenvalue weighted by Crippen LogP contribution is 2.53. The van der Waals surface area contributed by atoms with Gasteiger partial charge in [-0.05, 0) is 5.56 Å². The van der Waals surface area contributed by atoms with Crippen molar-refractivity contribution in [3.8, 4) is 0 Å². The first kappa shape index (κ1) is 23.6. The van der Waals surface area contributed by atoms with Gasteiger partial charge in [0.2, 0.25) is 5.69 Å². The Kier molecular flexibility index (Phi) is 6.22. The van der Waals surface area contributed by atoms with E-state index in [2.05, 4.69) is 4.99 Å². The van der Waals surface area contributed by atoms with Crippen molar-refractivity contribution < 1.29 is 23.0 Å². The Morgan fingerprint density at radius 2 is 1.66 bits per heavy atom. The summed E-state index contributed by atoms with van der Waals surface area (Å²) in [6, 6.07) is 7.85. The van der Waals surface area contributed by atoms with Crippen LogP contribution in [-0.4, -0.2) is 15.0 Å². The van der Waals surface area contributed by atoms with Gasteiger partial charge in [0.1, 0.15) is 15.9 Å². The first-order valence-corrected chi connectivity index (χ1v) is 9.45. The van der Waals surface area contributed by atoms with Crippen molar-refractivity contribution in [2.75, 3.05) is 4.90 Å². The van der Waals surface area contributed by atoms with E-state index in [1.165, 1.54) is 12.1 Å². The molecule has 1 atom stereocenters. The van der Waals surface area contributed by atoms with Crippen LogP contribution in [0.1, 0.15) is 17.3 Å². The molecule has 2 N–H and O–H groups in total. The number of anilines is 1. The van der Waals surface area contributed by atoms with Crippen molar-refractivity contribution in [3.05, 3.63) is 83.6 Å². The van der Waals surface area contributed by atoms with Crippen LogP contribution in [0.5, 0.6) is 0 Å². The number of hydrogen-bond acceptors (Lipinski definition) is 7. The number of aliphatic imine (C=N–C) groups is 1. The molecule has 1 unspecified atom stereocenters. The Morgan fingerprint density at radius 1 is 1.06 bits per heavy atom. The average Bonchev–Trinajstić information content (AvgIpc) is 2.70. The van der Waals surface area contributed by atoms with Crippen LogP contribution in [0.4, 0.5) is 30.2 Å². The third kappa shape index (κ3) is 4.04. The molecule has 32 heavy (non-hydrogen) atoms. The summed E-state index contributed by atoms with van der Waals surface area (Å²) in [5.74, 6) is 0. The Bertz CT molecular complexity index is 1190. The summed E-state index contributed by atoms with van der Waals surface area (Å²) in [5, 5.41) is 21.3. The maximum atomic E-state index is 13.4. The molecule has 0 aromatic heterocycles. The number of benzene rings is 2. The van der Waals surface area contributed by atoms with E-state index in [4.69, 9.17) is 40.5 Å². The van der Waals surface area contributed by atoms with E-state index in [1.807, 2.05) is 0 Å². The summed E-state index contributed by atoms with van der Waals surface area (Å²) in [7, 11) is 0. The molecular weight excluding hydrogens is 502 g/mol. The SMILES string of the molecule is NC1=C(Cl)N(c2c([N+](=O)[O-])cc(C(F)(F)F)c(Cl)c2[N+](=O)[O-])C(c2ccccc2)N=C1Cl. The molecule has 0 saturated carbocycles. The van der Waals surface area contributed by atoms with Gasteiger partial charge in [0.15, 0.2) is 11.3 Å². The van der Waals surface area contributed by atoms with E-state index >= 15 is 0 Å².